The first-order valence-corrected chi connectivity index (χ1v) is 7.00. The third-order valence-corrected chi connectivity index (χ3v) is 3.65. The van der Waals surface area contributed by atoms with Crippen molar-refractivity contribution in [2.45, 2.75) is 6.10 Å². The Kier molecular flexibility index (Phi) is 3.64. The molecule has 0 unspecified atom stereocenters. The van der Waals surface area contributed by atoms with E-state index >= 15 is 0 Å². The van der Waals surface area contributed by atoms with E-state index < -0.39 is 0 Å². The molecule has 3 rings (SSSR count). The van der Waals surface area contributed by atoms with E-state index in [1.165, 1.54) is 0 Å². The minimum atomic E-state index is -0.0157. The third-order valence-electron chi connectivity index (χ3n) is 3.05. The van der Waals surface area contributed by atoms with E-state index in [2.05, 4.69) is 25.9 Å². The summed E-state index contributed by atoms with van der Waals surface area (Å²) in [4.78, 5) is 21.9. The van der Waals surface area contributed by atoms with Crippen molar-refractivity contribution in [3.05, 3.63) is 52.9 Å². The van der Waals surface area contributed by atoms with Crippen LogP contribution in [-0.4, -0.2) is 40.0 Å². The second kappa shape index (κ2) is 5.58. The summed E-state index contributed by atoms with van der Waals surface area (Å²) >= 11 is 3.38. The molecule has 1 amide bonds. The Hall–Kier alpha value is -1.95. The number of carbonyl (C=O) groups excluding carboxylic acids is 1. The summed E-state index contributed by atoms with van der Waals surface area (Å²) in [5.41, 5.74) is 0.602. The van der Waals surface area contributed by atoms with Crippen molar-refractivity contribution < 1.29 is 9.53 Å². The van der Waals surface area contributed by atoms with Crippen molar-refractivity contribution >= 4 is 21.8 Å². The Morgan fingerprint density at radius 1 is 1.30 bits per heavy atom. The van der Waals surface area contributed by atoms with Crippen molar-refractivity contribution in [3.63, 3.8) is 0 Å². The molecule has 102 valence electrons. The fourth-order valence-electron chi connectivity index (χ4n) is 1.97. The van der Waals surface area contributed by atoms with E-state index in [-0.39, 0.29) is 12.0 Å². The SMILES string of the molecule is O=C(c1cccnc1)N1CC(Oc2ncccc2Br)C1. The smallest absolute Gasteiger partial charge is 0.255 e. The number of carbonyl (C=O) groups is 1. The molecule has 3 heterocycles. The van der Waals surface area contributed by atoms with Gasteiger partial charge in [0.15, 0.2) is 0 Å². The molecule has 0 aromatic carbocycles. The summed E-state index contributed by atoms with van der Waals surface area (Å²) in [5.74, 6) is 0.545. The highest BCUT2D eigenvalue weighted by atomic mass is 79.9. The van der Waals surface area contributed by atoms with Gasteiger partial charge in [-0.15, -0.1) is 0 Å². The fraction of sp³-hybridized carbons (Fsp3) is 0.214. The summed E-state index contributed by atoms with van der Waals surface area (Å²) < 4.78 is 6.55. The van der Waals surface area contributed by atoms with Gasteiger partial charge in [-0.05, 0) is 40.2 Å². The molecular weight excluding hydrogens is 322 g/mol. The van der Waals surface area contributed by atoms with Gasteiger partial charge in [0.2, 0.25) is 5.88 Å². The molecule has 2 aromatic heterocycles. The number of rotatable bonds is 3. The second-order valence-electron chi connectivity index (χ2n) is 4.48. The second-order valence-corrected chi connectivity index (χ2v) is 5.34. The van der Waals surface area contributed by atoms with Gasteiger partial charge in [-0.3, -0.25) is 9.78 Å². The molecule has 0 N–H and O–H groups in total. The Morgan fingerprint density at radius 2 is 2.10 bits per heavy atom. The number of aromatic nitrogens is 2. The molecule has 0 atom stereocenters. The highest BCUT2D eigenvalue weighted by Crippen LogP contribution is 2.24. The number of nitrogens with zero attached hydrogens (tertiary/aromatic N) is 3. The van der Waals surface area contributed by atoms with Gasteiger partial charge in [0.05, 0.1) is 23.1 Å². The van der Waals surface area contributed by atoms with Crippen LogP contribution in [0.15, 0.2) is 47.3 Å². The first kappa shape index (κ1) is 13.1. The van der Waals surface area contributed by atoms with Crippen LogP contribution in [0.1, 0.15) is 10.4 Å². The number of amides is 1. The van der Waals surface area contributed by atoms with Crippen molar-refractivity contribution in [1.82, 2.24) is 14.9 Å². The summed E-state index contributed by atoms with van der Waals surface area (Å²) in [6.07, 6.45) is 4.89. The maximum atomic E-state index is 12.1. The fourth-order valence-corrected chi connectivity index (χ4v) is 2.31. The van der Waals surface area contributed by atoms with E-state index in [9.17, 15) is 4.79 Å². The molecule has 1 fully saturated rings. The van der Waals surface area contributed by atoms with Gasteiger partial charge in [0, 0.05) is 18.6 Å². The molecule has 20 heavy (non-hydrogen) atoms. The number of hydrogen-bond donors (Lipinski definition) is 0. The van der Waals surface area contributed by atoms with Crippen molar-refractivity contribution in [2.75, 3.05) is 13.1 Å². The topological polar surface area (TPSA) is 55.3 Å². The molecule has 0 spiro atoms. The molecule has 6 heteroatoms. The standard InChI is InChI=1S/C14H12BrN3O2/c15-12-4-2-6-17-13(12)20-11-8-18(9-11)14(19)10-3-1-5-16-7-10/h1-7,11H,8-9H2. The van der Waals surface area contributed by atoms with Crippen molar-refractivity contribution in [3.8, 4) is 5.88 Å². The van der Waals surface area contributed by atoms with Crippen LogP contribution in [-0.2, 0) is 0 Å². The Morgan fingerprint density at radius 3 is 2.80 bits per heavy atom. The van der Waals surface area contributed by atoms with Crippen LogP contribution in [0.2, 0.25) is 0 Å². The lowest BCUT2D eigenvalue weighted by molar-refractivity contribution is 0.0156. The molecule has 1 saturated heterocycles. The molecule has 1 aliphatic rings. The average molecular weight is 334 g/mol. The van der Waals surface area contributed by atoms with E-state index in [0.29, 0.717) is 24.5 Å². The van der Waals surface area contributed by atoms with Gasteiger partial charge in [-0.1, -0.05) is 0 Å². The average Bonchev–Trinajstić information content (AvgIpc) is 2.44. The van der Waals surface area contributed by atoms with E-state index in [1.807, 2.05) is 12.1 Å². The minimum Gasteiger partial charge on any atom is -0.470 e. The number of pyridine rings is 2. The molecule has 0 radical (unpaired) electrons. The maximum absolute atomic E-state index is 12.1. The van der Waals surface area contributed by atoms with Crippen LogP contribution in [0.5, 0.6) is 5.88 Å². The molecule has 1 aliphatic heterocycles. The van der Waals surface area contributed by atoms with Crippen LogP contribution in [0, 0.1) is 0 Å². The highest BCUT2D eigenvalue weighted by molar-refractivity contribution is 9.10. The van der Waals surface area contributed by atoms with Crippen LogP contribution < -0.4 is 4.74 Å². The van der Waals surface area contributed by atoms with Gasteiger partial charge in [0.1, 0.15) is 6.10 Å². The van der Waals surface area contributed by atoms with Crippen LogP contribution in [0.3, 0.4) is 0 Å². The van der Waals surface area contributed by atoms with E-state index in [4.69, 9.17) is 4.74 Å². The first-order chi connectivity index (χ1) is 9.74. The van der Waals surface area contributed by atoms with Crippen molar-refractivity contribution in [1.29, 1.82) is 0 Å². The highest BCUT2D eigenvalue weighted by Gasteiger charge is 2.33. The van der Waals surface area contributed by atoms with Gasteiger partial charge in [-0.25, -0.2) is 4.98 Å². The molecule has 0 aliphatic carbocycles. The number of halogens is 1. The number of hydrogen-bond acceptors (Lipinski definition) is 4. The summed E-state index contributed by atoms with van der Waals surface area (Å²) in [6.45, 7) is 1.13. The van der Waals surface area contributed by atoms with E-state index in [1.54, 1.807) is 35.6 Å². The van der Waals surface area contributed by atoms with Gasteiger partial charge in [-0.2, -0.15) is 0 Å². The minimum absolute atomic E-state index is 0.0122. The molecule has 0 saturated carbocycles. The summed E-state index contributed by atoms with van der Waals surface area (Å²) in [5, 5.41) is 0. The zero-order valence-corrected chi connectivity index (χ0v) is 12.2. The number of ether oxygens (including phenoxy) is 1. The zero-order valence-electron chi connectivity index (χ0n) is 10.6. The third kappa shape index (κ3) is 2.65. The van der Waals surface area contributed by atoms with Gasteiger partial charge in [0.25, 0.3) is 5.91 Å². The Labute approximate surface area is 124 Å². The predicted molar refractivity (Wildman–Crippen MR) is 76.5 cm³/mol. The zero-order chi connectivity index (χ0) is 13.9. The lowest BCUT2D eigenvalue weighted by atomic mass is 10.1. The largest absolute Gasteiger partial charge is 0.470 e. The quantitative estimate of drug-likeness (QED) is 0.863. The lowest BCUT2D eigenvalue weighted by Crippen LogP contribution is -2.56. The lowest BCUT2D eigenvalue weighted by Gasteiger charge is -2.38. The molecule has 0 bridgehead atoms. The normalized spacial score (nSPS) is 14.8. The van der Waals surface area contributed by atoms with Crippen LogP contribution >= 0.6 is 15.9 Å². The molecular formula is C14H12BrN3O2. The van der Waals surface area contributed by atoms with Crippen LogP contribution in [0.4, 0.5) is 0 Å². The maximum Gasteiger partial charge on any atom is 0.255 e. The van der Waals surface area contributed by atoms with Crippen LogP contribution in [0.25, 0.3) is 0 Å². The van der Waals surface area contributed by atoms with Crippen molar-refractivity contribution in [2.24, 2.45) is 0 Å². The Balaban J connectivity index is 1.57. The molecule has 2 aromatic rings. The van der Waals surface area contributed by atoms with Gasteiger partial charge >= 0.3 is 0 Å². The van der Waals surface area contributed by atoms with Gasteiger partial charge < -0.3 is 9.64 Å². The number of likely N-dealkylation sites (tertiary alicyclic amines) is 1. The molecule has 5 nitrogen and oxygen atoms in total. The monoisotopic (exact) mass is 333 g/mol. The Bertz CT molecular complexity index is 615. The first-order valence-electron chi connectivity index (χ1n) is 6.20. The predicted octanol–water partition coefficient (Wildman–Crippen LogP) is 2.14. The summed E-state index contributed by atoms with van der Waals surface area (Å²) in [6, 6.07) is 7.22. The van der Waals surface area contributed by atoms with E-state index in [0.717, 1.165) is 4.47 Å². The summed E-state index contributed by atoms with van der Waals surface area (Å²) in [7, 11) is 0.